The largest absolute Gasteiger partial charge is 0.493 e. The summed E-state index contributed by atoms with van der Waals surface area (Å²) in [7, 11) is 3.29. The molecule has 0 N–H and O–H groups in total. The second-order valence-electron chi connectivity index (χ2n) is 9.27. The lowest BCUT2D eigenvalue weighted by atomic mass is 9.81. The fraction of sp³-hybridized carbons (Fsp3) is 0.129. The summed E-state index contributed by atoms with van der Waals surface area (Å²) in [5.74, 6) is 3.14. The van der Waals surface area contributed by atoms with Crippen molar-refractivity contribution >= 4 is 16.4 Å². The van der Waals surface area contributed by atoms with Crippen LogP contribution in [0.4, 0.5) is 0 Å². The van der Waals surface area contributed by atoms with E-state index in [1.165, 1.54) is 0 Å². The summed E-state index contributed by atoms with van der Waals surface area (Å²) in [6.45, 7) is 0. The van der Waals surface area contributed by atoms with Gasteiger partial charge in [0.05, 0.1) is 19.8 Å². The van der Waals surface area contributed by atoms with Gasteiger partial charge in [0.15, 0.2) is 23.0 Å². The lowest BCUT2D eigenvalue weighted by molar-refractivity contribution is 0.354. The van der Waals surface area contributed by atoms with Gasteiger partial charge in [0.2, 0.25) is 5.88 Å². The molecule has 0 amide bonds. The quantitative estimate of drug-likeness (QED) is 0.281. The highest BCUT2D eigenvalue weighted by Gasteiger charge is 2.35. The predicted molar refractivity (Wildman–Crippen MR) is 145 cm³/mol. The molecule has 0 saturated heterocycles. The Morgan fingerprint density at radius 1 is 0.842 bits per heavy atom. The van der Waals surface area contributed by atoms with E-state index in [2.05, 4.69) is 47.4 Å². The summed E-state index contributed by atoms with van der Waals surface area (Å²) in [5.41, 5.74) is 4.82. The number of aromatic nitrogens is 4. The third kappa shape index (κ3) is 3.55. The number of ether oxygens (including phenoxy) is 3. The second kappa shape index (κ2) is 8.88. The molecule has 0 spiro atoms. The number of fused-ring (bicyclic) bond motifs is 6. The van der Waals surface area contributed by atoms with Crippen LogP contribution in [-0.4, -0.2) is 33.8 Å². The smallest absolute Gasteiger partial charge is 0.228 e. The minimum Gasteiger partial charge on any atom is -0.493 e. The number of hydrogen-bond donors (Lipinski definition) is 0. The molecule has 0 aliphatic carbocycles. The van der Waals surface area contributed by atoms with Crippen LogP contribution in [-0.2, 0) is 6.42 Å². The number of nitrogens with zero attached hydrogens (tertiary/aromatic N) is 4. The number of benzene rings is 4. The van der Waals surface area contributed by atoms with Crippen molar-refractivity contribution in [1.82, 2.24) is 19.6 Å². The molecule has 7 nitrogen and oxygen atoms in total. The highest BCUT2D eigenvalue weighted by atomic mass is 16.5. The van der Waals surface area contributed by atoms with Gasteiger partial charge in [-0.15, -0.1) is 5.10 Å². The molecule has 1 atom stereocenters. The zero-order valence-electron chi connectivity index (χ0n) is 21.0. The topological polar surface area (TPSA) is 70.8 Å². The first-order valence-corrected chi connectivity index (χ1v) is 12.4. The molecule has 1 aliphatic heterocycles. The molecule has 3 heterocycles. The van der Waals surface area contributed by atoms with E-state index < -0.39 is 0 Å². The Bertz CT molecular complexity index is 1810. The zero-order chi connectivity index (χ0) is 25.6. The highest BCUT2D eigenvalue weighted by Crippen LogP contribution is 2.51. The Morgan fingerprint density at radius 3 is 2.50 bits per heavy atom. The number of rotatable bonds is 5. The van der Waals surface area contributed by atoms with Crippen molar-refractivity contribution in [3.63, 3.8) is 0 Å². The van der Waals surface area contributed by atoms with Crippen LogP contribution in [0.2, 0.25) is 0 Å². The molecule has 186 valence electrons. The lowest BCUT2D eigenvalue weighted by Crippen LogP contribution is -2.15. The van der Waals surface area contributed by atoms with Crippen molar-refractivity contribution in [1.29, 1.82) is 0 Å². The fourth-order valence-corrected chi connectivity index (χ4v) is 5.37. The van der Waals surface area contributed by atoms with Crippen molar-refractivity contribution in [3.05, 3.63) is 119 Å². The van der Waals surface area contributed by atoms with E-state index in [1.54, 1.807) is 25.1 Å². The van der Waals surface area contributed by atoms with E-state index in [-0.39, 0.29) is 5.92 Å². The second-order valence-corrected chi connectivity index (χ2v) is 9.27. The standard InChI is InChI=1S/C31H24N4O3/c1-36-23-14-13-21(17-25(23)37-2)27-28-22-11-7-6-10-20(22)12-15-24(28)38-31-29(27)30-33-26(34-35(30)18-32-31)16-19-8-4-3-5-9-19/h3-15,17-18,27H,16H2,1-2H3/t27-/m1/s1. The predicted octanol–water partition coefficient (Wildman–Crippen LogP) is 6.17. The van der Waals surface area contributed by atoms with E-state index in [0.29, 0.717) is 23.8 Å². The molecule has 4 aromatic carbocycles. The van der Waals surface area contributed by atoms with Crippen molar-refractivity contribution in [3.8, 4) is 23.1 Å². The first kappa shape index (κ1) is 22.3. The van der Waals surface area contributed by atoms with E-state index in [9.17, 15) is 0 Å². The minimum atomic E-state index is -0.218. The SMILES string of the molecule is COc1ccc([C@@H]2c3c(ccc4ccccc34)Oc3ncn4nc(Cc5ccccc5)nc4c32)cc1OC. The number of methoxy groups -OCH3 is 2. The van der Waals surface area contributed by atoms with Crippen LogP contribution in [0, 0.1) is 0 Å². The Labute approximate surface area is 219 Å². The summed E-state index contributed by atoms with van der Waals surface area (Å²) in [4.78, 5) is 9.68. The summed E-state index contributed by atoms with van der Waals surface area (Å²) in [5, 5.41) is 7.01. The van der Waals surface area contributed by atoms with E-state index in [1.807, 2.05) is 42.5 Å². The van der Waals surface area contributed by atoms with Crippen LogP contribution >= 0.6 is 0 Å². The molecule has 1 aliphatic rings. The van der Waals surface area contributed by atoms with Gasteiger partial charge in [0.1, 0.15) is 12.1 Å². The summed E-state index contributed by atoms with van der Waals surface area (Å²) < 4.78 is 19.4. The Kier molecular flexibility index (Phi) is 5.21. The molecule has 0 bridgehead atoms. The molecular formula is C31H24N4O3. The summed E-state index contributed by atoms with van der Waals surface area (Å²) in [6, 6.07) is 28.7. The van der Waals surface area contributed by atoms with Crippen LogP contribution in [0.25, 0.3) is 16.4 Å². The van der Waals surface area contributed by atoms with Crippen molar-refractivity contribution in [2.45, 2.75) is 12.3 Å². The normalized spacial score (nSPS) is 14.1. The van der Waals surface area contributed by atoms with E-state index in [4.69, 9.17) is 24.3 Å². The maximum atomic E-state index is 6.43. The van der Waals surface area contributed by atoms with E-state index in [0.717, 1.165) is 50.2 Å². The Hall–Kier alpha value is -4.91. The molecule has 38 heavy (non-hydrogen) atoms. The van der Waals surface area contributed by atoms with Gasteiger partial charge in [-0.05, 0) is 40.1 Å². The summed E-state index contributed by atoms with van der Waals surface area (Å²) >= 11 is 0. The third-order valence-electron chi connectivity index (χ3n) is 7.09. The van der Waals surface area contributed by atoms with Crippen molar-refractivity contribution < 1.29 is 14.2 Å². The van der Waals surface area contributed by atoms with Gasteiger partial charge in [0.25, 0.3) is 0 Å². The Balaban J connectivity index is 1.49. The lowest BCUT2D eigenvalue weighted by Gasteiger charge is -2.29. The van der Waals surface area contributed by atoms with Gasteiger partial charge in [0, 0.05) is 17.9 Å². The number of hydrogen-bond acceptors (Lipinski definition) is 6. The molecule has 7 heteroatoms. The van der Waals surface area contributed by atoms with Gasteiger partial charge in [-0.2, -0.15) is 0 Å². The first-order valence-electron chi connectivity index (χ1n) is 12.4. The van der Waals surface area contributed by atoms with Crippen LogP contribution in [0.3, 0.4) is 0 Å². The average molecular weight is 501 g/mol. The van der Waals surface area contributed by atoms with Crippen LogP contribution in [0.1, 0.15) is 34.0 Å². The molecule has 7 rings (SSSR count). The maximum absolute atomic E-state index is 6.43. The van der Waals surface area contributed by atoms with Gasteiger partial charge in [-0.3, -0.25) is 0 Å². The van der Waals surface area contributed by atoms with E-state index >= 15 is 0 Å². The van der Waals surface area contributed by atoms with Gasteiger partial charge in [-0.25, -0.2) is 14.5 Å². The van der Waals surface area contributed by atoms with Crippen molar-refractivity contribution in [2.75, 3.05) is 14.2 Å². The van der Waals surface area contributed by atoms with Gasteiger partial charge >= 0.3 is 0 Å². The third-order valence-corrected chi connectivity index (χ3v) is 7.09. The van der Waals surface area contributed by atoms with Gasteiger partial charge < -0.3 is 14.2 Å². The van der Waals surface area contributed by atoms with Crippen molar-refractivity contribution in [2.24, 2.45) is 0 Å². The van der Waals surface area contributed by atoms with Crippen LogP contribution < -0.4 is 14.2 Å². The van der Waals surface area contributed by atoms with Gasteiger partial charge in [-0.1, -0.05) is 66.7 Å². The molecule has 2 aromatic heterocycles. The van der Waals surface area contributed by atoms with Crippen LogP contribution in [0.5, 0.6) is 23.1 Å². The summed E-state index contributed by atoms with van der Waals surface area (Å²) in [6.07, 6.45) is 2.30. The molecule has 0 fully saturated rings. The Morgan fingerprint density at radius 2 is 1.66 bits per heavy atom. The first-order chi connectivity index (χ1) is 18.7. The fourth-order valence-electron chi connectivity index (χ4n) is 5.37. The molecular weight excluding hydrogens is 476 g/mol. The average Bonchev–Trinajstić information content (AvgIpc) is 3.38. The minimum absolute atomic E-state index is 0.218. The molecule has 6 aromatic rings. The molecule has 0 radical (unpaired) electrons. The monoisotopic (exact) mass is 500 g/mol. The van der Waals surface area contributed by atoms with Crippen LogP contribution in [0.15, 0.2) is 91.3 Å². The maximum Gasteiger partial charge on any atom is 0.228 e. The zero-order valence-corrected chi connectivity index (χ0v) is 21.0. The molecule has 0 saturated carbocycles. The highest BCUT2D eigenvalue weighted by molar-refractivity contribution is 5.91. The molecule has 0 unspecified atom stereocenters.